The van der Waals surface area contributed by atoms with Crippen molar-refractivity contribution >= 4 is 21.6 Å². The van der Waals surface area contributed by atoms with Crippen LogP contribution in [-0.2, 0) is 16.6 Å². The van der Waals surface area contributed by atoms with E-state index in [1.54, 1.807) is 6.07 Å². The Morgan fingerprint density at radius 3 is 2.38 bits per heavy atom. The number of rotatable bonds is 1. The summed E-state index contributed by atoms with van der Waals surface area (Å²) in [6.07, 6.45) is 0.919. The van der Waals surface area contributed by atoms with Crippen molar-refractivity contribution in [1.82, 2.24) is 0 Å². The van der Waals surface area contributed by atoms with Crippen molar-refractivity contribution in [2.45, 2.75) is 27.2 Å². The number of anilines is 2. The van der Waals surface area contributed by atoms with Gasteiger partial charge in [-0.15, -0.1) is 0 Å². The van der Waals surface area contributed by atoms with Crippen LogP contribution in [0, 0.1) is 5.41 Å². The molecule has 0 bridgehead atoms. The van der Waals surface area contributed by atoms with E-state index in [9.17, 15) is 8.42 Å². The van der Waals surface area contributed by atoms with Gasteiger partial charge in [0.05, 0.1) is 11.4 Å². The van der Waals surface area contributed by atoms with Gasteiger partial charge in [-0.1, -0.05) is 26.8 Å². The van der Waals surface area contributed by atoms with Gasteiger partial charge >= 0.3 is 10.2 Å². The van der Waals surface area contributed by atoms with Gasteiger partial charge < -0.3 is 0 Å². The molecule has 0 fully saturated rings. The molecule has 1 heterocycles. The summed E-state index contributed by atoms with van der Waals surface area (Å²) in [6, 6.07) is 5.64. The smallest absolute Gasteiger partial charge is 0.265 e. The molecule has 5 heteroatoms. The van der Waals surface area contributed by atoms with Crippen molar-refractivity contribution in [1.29, 1.82) is 0 Å². The molecule has 0 saturated carbocycles. The van der Waals surface area contributed by atoms with Crippen LogP contribution in [0.25, 0.3) is 0 Å². The zero-order valence-corrected chi connectivity index (χ0v) is 10.5. The second kappa shape index (κ2) is 3.38. The van der Waals surface area contributed by atoms with Crippen LogP contribution >= 0.6 is 0 Å². The summed E-state index contributed by atoms with van der Waals surface area (Å²) in [6.45, 7) is 6.47. The van der Waals surface area contributed by atoms with Gasteiger partial charge in [-0.25, -0.2) is 0 Å². The van der Waals surface area contributed by atoms with Crippen LogP contribution in [0.1, 0.15) is 26.3 Å². The Kier molecular flexibility index (Phi) is 2.38. The Hall–Kier alpha value is -1.23. The third kappa shape index (κ3) is 2.47. The maximum Gasteiger partial charge on any atom is 0.321 e. The zero-order valence-electron chi connectivity index (χ0n) is 9.66. The monoisotopic (exact) mass is 240 g/mol. The van der Waals surface area contributed by atoms with Crippen LogP contribution in [0.4, 0.5) is 11.4 Å². The third-order valence-corrected chi connectivity index (χ3v) is 3.28. The van der Waals surface area contributed by atoms with Gasteiger partial charge in [-0.2, -0.15) is 8.42 Å². The summed E-state index contributed by atoms with van der Waals surface area (Å²) in [4.78, 5) is 0. The van der Waals surface area contributed by atoms with E-state index in [0.717, 1.165) is 12.0 Å². The van der Waals surface area contributed by atoms with Crippen LogP contribution in [0.3, 0.4) is 0 Å². The van der Waals surface area contributed by atoms with Crippen molar-refractivity contribution in [3.8, 4) is 0 Å². The molecule has 0 unspecified atom stereocenters. The number of nitrogens with one attached hydrogen (secondary N) is 2. The highest BCUT2D eigenvalue weighted by Crippen LogP contribution is 2.32. The molecule has 0 aliphatic carbocycles. The van der Waals surface area contributed by atoms with E-state index in [2.05, 4.69) is 30.2 Å². The van der Waals surface area contributed by atoms with Crippen LogP contribution < -0.4 is 9.44 Å². The van der Waals surface area contributed by atoms with E-state index >= 15 is 0 Å². The normalized spacial score (nSPS) is 17.4. The molecule has 0 radical (unpaired) electrons. The van der Waals surface area contributed by atoms with E-state index in [-0.39, 0.29) is 5.41 Å². The summed E-state index contributed by atoms with van der Waals surface area (Å²) in [5, 5.41) is 0. The molecular weight excluding hydrogens is 224 g/mol. The molecule has 0 saturated heterocycles. The maximum absolute atomic E-state index is 11.3. The average molecular weight is 240 g/mol. The molecule has 2 N–H and O–H groups in total. The molecule has 88 valence electrons. The van der Waals surface area contributed by atoms with Crippen molar-refractivity contribution in [2.75, 3.05) is 9.44 Å². The van der Waals surface area contributed by atoms with Crippen molar-refractivity contribution in [3.05, 3.63) is 23.8 Å². The van der Waals surface area contributed by atoms with Crippen LogP contribution in [-0.4, -0.2) is 8.42 Å². The minimum atomic E-state index is -3.37. The quantitative estimate of drug-likeness (QED) is 0.791. The molecule has 0 amide bonds. The fraction of sp³-hybridized carbons (Fsp3) is 0.455. The average Bonchev–Trinajstić information content (AvgIpc) is 2.34. The molecule has 4 nitrogen and oxygen atoms in total. The summed E-state index contributed by atoms with van der Waals surface area (Å²) >= 11 is 0. The minimum absolute atomic E-state index is 0.194. The van der Waals surface area contributed by atoms with Crippen molar-refractivity contribution in [2.24, 2.45) is 5.41 Å². The molecule has 0 spiro atoms. The standard InChI is InChI=1S/C11H16N2O2S/c1-11(2,3)7-8-4-5-9-10(6-8)13-16(14,15)12-9/h4-6,12-13H,7H2,1-3H3. The van der Waals surface area contributed by atoms with E-state index < -0.39 is 10.2 Å². The van der Waals surface area contributed by atoms with Gasteiger partial charge in [0, 0.05) is 0 Å². The second-order valence-electron chi connectivity index (χ2n) is 5.32. The molecule has 0 atom stereocenters. The van der Waals surface area contributed by atoms with Gasteiger partial charge in [-0.3, -0.25) is 9.44 Å². The van der Waals surface area contributed by atoms with E-state index in [1.165, 1.54) is 0 Å². The fourth-order valence-corrected chi connectivity index (χ4v) is 2.78. The minimum Gasteiger partial charge on any atom is -0.265 e. The molecule has 2 rings (SSSR count). The van der Waals surface area contributed by atoms with Gasteiger partial charge in [0.15, 0.2) is 0 Å². The number of hydrogen-bond donors (Lipinski definition) is 2. The number of fused-ring (bicyclic) bond motifs is 1. The Bertz CT molecular complexity index is 515. The summed E-state index contributed by atoms with van der Waals surface area (Å²) in [7, 11) is -3.37. The summed E-state index contributed by atoms with van der Waals surface area (Å²) < 4.78 is 27.4. The molecular formula is C11H16N2O2S. The molecule has 0 aromatic heterocycles. The molecule has 1 aromatic rings. The molecule has 1 aliphatic rings. The molecule has 1 aliphatic heterocycles. The van der Waals surface area contributed by atoms with E-state index in [4.69, 9.17) is 0 Å². The maximum atomic E-state index is 11.3. The third-order valence-electron chi connectivity index (χ3n) is 2.31. The first kappa shape index (κ1) is 11.3. The predicted molar refractivity (Wildman–Crippen MR) is 65.8 cm³/mol. The number of benzene rings is 1. The van der Waals surface area contributed by atoms with Gasteiger partial charge in [-0.05, 0) is 29.5 Å². The lowest BCUT2D eigenvalue weighted by atomic mass is 9.88. The highest BCUT2D eigenvalue weighted by molar-refractivity contribution is 7.94. The van der Waals surface area contributed by atoms with Gasteiger partial charge in [0.25, 0.3) is 0 Å². The summed E-state index contributed by atoms with van der Waals surface area (Å²) in [5.41, 5.74) is 2.59. The van der Waals surface area contributed by atoms with Gasteiger partial charge in [0.2, 0.25) is 0 Å². The predicted octanol–water partition coefficient (Wildman–Crippen LogP) is 2.36. The first-order chi connectivity index (χ1) is 7.25. The molecule has 1 aromatic carbocycles. The van der Waals surface area contributed by atoms with Crippen LogP contribution in [0.2, 0.25) is 0 Å². The van der Waals surface area contributed by atoms with E-state index in [0.29, 0.717) is 11.4 Å². The molecule has 16 heavy (non-hydrogen) atoms. The highest BCUT2D eigenvalue weighted by Gasteiger charge is 2.22. The fourth-order valence-electron chi connectivity index (χ4n) is 1.80. The van der Waals surface area contributed by atoms with Crippen LogP contribution in [0.5, 0.6) is 0 Å². The van der Waals surface area contributed by atoms with Crippen molar-refractivity contribution < 1.29 is 8.42 Å². The SMILES string of the molecule is CC(C)(C)Cc1ccc2c(c1)NS(=O)(=O)N2. The second-order valence-corrected chi connectivity index (χ2v) is 6.74. The lowest BCUT2D eigenvalue weighted by Gasteiger charge is -2.18. The zero-order chi connectivity index (χ0) is 12.0. The first-order valence-electron chi connectivity index (χ1n) is 5.19. The Morgan fingerprint density at radius 2 is 1.75 bits per heavy atom. The van der Waals surface area contributed by atoms with Crippen molar-refractivity contribution in [3.63, 3.8) is 0 Å². The van der Waals surface area contributed by atoms with Gasteiger partial charge in [0.1, 0.15) is 0 Å². The Morgan fingerprint density at radius 1 is 1.12 bits per heavy atom. The Labute approximate surface area is 96.2 Å². The summed E-state index contributed by atoms with van der Waals surface area (Å²) in [5.74, 6) is 0. The lowest BCUT2D eigenvalue weighted by Crippen LogP contribution is -2.12. The number of hydrogen-bond acceptors (Lipinski definition) is 2. The lowest BCUT2D eigenvalue weighted by molar-refractivity contribution is 0.411. The topological polar surface area (TPSA) is 58.2 Å². The van der Waals surface area contributed by atoms with E-state index in [1.807, 2.05) is 12.1 Å². The largest absolute Gasteiger partial charge is 0.321 e. The Balaban J connectivity index is 2.30. The van der Waals surface area contributed by atoms with Crippen LogP contribution in [0.15, 0.2) is 18.2 Å². The highest BCUT2D eigenvalue weighted by atomic mass is 32.2. The first-order valence-corrected chi connectivity index (χ1v) is 6.67.